The lowest BCUT2D eigenvalue weighted by Crippen LogP contribution is -2.16. The predicted molar refractivity (Wildman–Crippen MR) is 80.7 cm³/mol. The number of aryl methyl sites for hydroxylation is 2. The zero-order valence-corrected chi connectivity index (χ0v) is 12.5. The van der Waals surface area contributed by atoms with Crippen LogP contribution in [-0.4, -0.2) is 24.3 Å². The van der Waals surface area contributed by atoms with Gasteiger partial charge >= 0.3 is 0 Å². The molecular weight excluding hydrogens is 288 g/mol. The molecule has 0 saturated heterocycles. The van der Waals surface area contributed by atoms with Gasteiger partial charge in [0, 0.05) is 18.0 Å². The van der Waals surface area contributed by atoms with E-state index in [1.54, 1.807) is 17.5 Å². The average molecular weight is 302 g/mol. The van der Waals surface area contributed by atoms with Crippen molar-refractivity contribution in [3.63, 3.8) is 0 Å². The average Bonchev–Trinajstić information content (AvgIpc) is 2.78. The molecule has 3 rings (SSSR count). The lowest BCUT2D eigenvalue weighted by molar-refractivity contribution is 0.824. The molecule has 0 spiro atoms. The number of pyridine rings is 1. The summed E-state index contributed by atoms with van der Waals surface area (Å²) in [4.78, 5) is 16.6. The highest BCUT2D eigenvalue weighted by Gasteiger charge is 2.09. The molecule has 2 N–H and O–H groups in total. The monoisotopic (exact) mass is 302 g/mol. The summed E-state index contributed by atoms with van der Waals surface area (Å²) >= 11 is 1.40. The minimum atomic E-state index is -0.0929. The van der Waals surface area contributed by atoms with E-state index in [1.165, 1.54) is 22.5 Å². The van der Waals surface area contributed by atoms with Crippen LogP contribution in [0.5, 0.6) is 0 Å². The van der Waals surface area contributed by atoms with Crippen molar-refractivity contribution in [1.29, 1.82) is 0 Å². The third-order valence-corrected chi connectivity index (χ3v) is 4.10. The summed E-state index contributed by atoms with van der Waals surface area (Å²) in [7, 11) is 0. The molecule has 0 saturated carbocycles. The van der Waals surface area contributed by atoms with Gasteiger partial charge in [0.15, 0.2) is 0 Å². The first kappa shape index (κ1) is 13.6. The molecule has 3 aromatic heterocycles. The Hall–Kier alpha value is -2.35. The second-order valence-corrected chi connectivity index (χ2v) is 5.60. The van der Waals surface area contributed by atoms with Crippen molar-refractivity contribution in [1.82, 2.24) is 24.3 Å². The van der Waals surface area contributed by atoms with E-state index in [1.807, 2.05) is 19.1 Å². The summed E-state index contributed by atoms with van der Waals surface area (Å²) in [5.74, 6) is 6.94. The van der Waals surface area contributed by atoms with Crippen molar-refractivity contribution < 1.29 is 0 Å². The van der Waals surface area contributed by atoms with Gasteiger partial charge in [0.2, 0.25) is 5.16 Å². The van der Waals surface area contributed by atoms with Crippen molar-refractivity contribution in [2.45, 2.75) is 24.8 Å². The zero-order chi connectivity index (χ0) is 15.0. The maximum atomic E-state index is 12.1. The number of nitrogens with two attached hydrogens (primary N) is 1. The first-order valence-electron chi connectivity index (χ1n) is 6.34. The summed E-state index contributed by atoms with van der Waals surface area (Å²) in [5, 5.41) is 8.46. The molecule has 0 amide bonds. The summed E-state index contributed by atoms with van der Waals surface area (Å²) in [5.41, 5.74) is 2.23. The Balaban J connectivity index is 1.93. The van der Waals surface area contributed by atoms with E-state index >= 15 is 0 Å². The predicted octanol–water partition coefficient (Wildman–Crippen LogP) is 0.909. The number of aromatic nitrogens is 5. The molecule has 0 aromatic carbocycles. The van der Waals surface area contributed by atoms with Crippen LogP contribution in [-0.2, 0) is 5.75 Å². The molecule has 0 aliphatic carbocycles. The molecule has 0 atom stereocenters. The molecule has 108 valence electrons. The molecule has 8 heteroatoms. The number of hydrogen-bond donors (Lipinski definition) is 1. The Morgan fingerprint density at radius 2 is 2.14 bits per heavy atom. The number of fused-ring (bicyclic) bond motifs is 1. The highest BCUT2D eigenvalue weighted by molar-refractivity contribution is 7.98. The standard InChI is InChI=1S/C13H14N6OS/c1-8-4-3-5-18-11(20)6-10(15-12(8)18)7-21-13-17-16-9(2)19(13)14/h3-6H,7,14H2,1-2H3. The molecular formula is C13H14N6OS. The molecule has 0 fully saturated rings. The first-order chi connectivity index (χ1) is 10.1. The summed E-state index contributed by atoms with van der Waals surface area (Å²) in [6, 6.07) is 5.29. The molecule has 0 aliphatic heterocycles. The molecule has 3 aromatic rings. The van der Waals surface area contributed by atoms with Crippen LogP contribution in [0.15, 0.2) is 34.3 Å². The second kappa shape index (κ2) is 5.21. The fourth-order valence-electron chi connectivity index (χ4n) is 1.97. The van der Waals surface area contributed by atoms with Crippen molar-refractivity contribution in [3.05, 3.63) is 51.8 Å². The van der Waals surface area contributed by atoms with Gasteiger partial charge in [-0.3, -0.25) is 9.20 Å². The van der Waals surface area contributed by atoms with Crippen molar-refractivity contribution >= 4 is 17.4 Å². The van der Waals surface area contributed by atoms with Gasteiger partial charge in [-0.25, -0.2) is 9.66 Å². The number of rotatable bonds is 3. The lowest BCUT2D eigenvalue weighted by Gasteiger charge is -2.06. The maximum Gasteiger partial charge on any atom is 0.258 e. The molecule has 0 bridgehead atoms. The van der Waals surface area contributed by atoms with Gasteiger partial charge in [0.25, 0.3) is 5.56 Å². The highest BCUT2D eigenvalue weighted by atomic mass is 32.2. The second-order valence-electron chi connectivity index (χ2n) is 4.66. The molecule has 3 heterocycles. The Bertz CT molecular complexity index is 869. The van der Waals surface area contributed by atoms with Crippen LogP contribution in [0.3, 0.4) is 0 Å². The van der Waals surface area contributed by atoms with Crippen LogP contribution in [0.4, 0.5) is 0 Å². The SMILES string of the molecule is Cc1cccn2c(=O)cc(CSc3nnc(C)n3N)nc12. The van der Waals surface area contributed by atoms with E-state index in [-0.39, 0.29) is 5.56 Å². The van der Waals surface area contributed by atoms with Crippen LogP contribution < -0.4 is 11.4 Å². The molecule has 0 unspecified atom stereocenters. The smallest absolute Gasteiger partial charge is 0.258 e. The van der Waals surface area contributed by atoms with Crippen LogP contribution in [0.1, 0.15) is 17.1 Å². The minimum absolute atomic E-state index is 0.0929. The van der Waals surface area contributed by atoms with Gasteiger partial charge in [-0.05, 0) is 25.5 Å². The van der Waals surface area contributed by atoms with Crippen LogP contribution in [0, 0.1) is 13.8 Å². The third kappa shape index (κ3) is 2.49. The van der Waals surface area contributed by atoms with Gasteiger partial charge in [-0.15, -0.1) is 10.2 Å². The summed E-state index contributed by atoms with van der Waals surface area (Å²) in [6.45, 7) is 3.71. The minimum Gasteiger partial charge on any atom is -0.336 e. The Morgan fingerprint density at radius 1 is 1.33 bits per heavy atom. The largest absolute Gasteiger partial charge is 0.336 e. The summed E-state index contributed by atoms with van der Waals surface area (Å²) < 4.78 is 2.96. The first-order valence-corrected chi connectivity index (χ1v) is 7.32. The fourth-order valence-corrected chi connectivity index (χ4v) is 2.76. The van der Waals surface area contributed by atoms with Crippen molar-refractivity contribution in [2.75, 3.05) is 5.84 Å². The zero-order valence-electron chi connectivity index (χ0n) is 11.6. The van der Waals surface area contributed by atoms with Gasteiger partial charge in [0.1, 0.15) is 11.5 Å². The maximum absolute atomic E-state index is 12.1. The Morgan fingerprint density at radius 3 is 2.86 bits per heavy atom. The molecule has 21 heavy (non-hydrogen) atoms. The molecule has 7 nitrogen and oxygen atoms in total. The van der Waals surface area contributed by atoms with Crippen molar-refractivity contribution in [2.24, 2.45) is 0 Å². The van der Waals surface area contributed by atoms with E-state index in [9.17, 15) is 4.79 Å². The van der Waals surface area contributed by atoms with Crippen LogP contribution in [0.2, 0.25) is 0 Å². The number of thioether (sulfide) groups is 1. The van der Waals surface area contributed by atoms with E-state index in [4.69, 9.17) is 5.84 Å². The van der Waals surface area contributed by atoms with E-state index in [2.05, 4.69) is 15.2 Å². The normalized spacial score (nSPS) is 11.1. The van der Waals surface area contributed by atoms with E-state index in [0.29, 0.717) is 28.1 Å². The van der Waals surface area contributed by atoms with Crippen LogP contribution in [0.25, 0.3) is 5.65 Å². The topological polar surface area (TPSA) is 91.1 Å². The molecule has 0 aliphatic rings. The van der Waals surface area contributed by atoms with Gasteiger partial charge < -0.3 is 5.84 Å². The molecule has 0 radical (unpaired) electrons. The van der Waals surface area contributed by atoms with E-state index in [0.717, 1.165) is 5.56 Å². The lowest BCUT2D eigenvalue weighted by atomic mass is 10.3. The quantitative estimate of drug-likeness (QED) is 0.571. The highest BCUT2D eigenvalue weighted by Crippen LogP contribution is 2.19. The van der Waals surface area contributed by atoms with Crippen LogP contribution >= 0.6 is 11.8 Å². The third-order valence-electron chi connectivity index (χ3n) is 3.12. The number of nitrogens with zero attached hydrogens (tertiary/aromatic N) is 5. The number of nitrogen functional groups attached to an aromatic ring is 1. The Kier molecular flexibility index (Phi) is 3.38. The van der Waals surface area contributed by atoms with Gasteiger partial charge in [-0.1, -0.05) is 17.8 Å². The summed E-state index contributed by atoms with van der Waals surface area (Å²) in [6.07, 6.45) is 1.72. The van der Waals surface area contributed by atoms with Gasteiger partial charge in [0.05, 0.1) is 5.69 Å². The fraction of sp³-hybridized carbons (Fsp3) is 0.231. The van der Waals surface area contributed by atoms with Crippen molar-refractivity contribution in [3.8, 4) is 0 Å². The Labute approximate surface area is 124 Å². The number of hydrogen-bond acceptors (Lipinski definition) is 6. The van der Waals surface area contributed by atoms with E-state index < -0.39 is 0 Å². The van der Waals surface area contributed by atoms with Gasteiger partial charge in [-0.2, -0.15) is 0 Å².